The Morgan fingerprint density at radius 1 is 1.30 bits per heavy atom. The molecule has 0 unspecified atom stereocenters. The van der Waals surface area contributed by atoms with Gasteiger partial charge in [-0.05, 0) is 37.5 Å². The number of aromatic amines is 1. The minimum absolute atomic E-state index is 0.0548. The van der Waals surface area contributed by atoms with Gasteiger partial charge >= 0.3 is 5.69 Å². The number of ether oxygens (including phenoxy) is 1. The smallest absolute Gasteiger partial charge is 0.329 e. The monoisotopic (exact) mass is 415 g/mol. The summed E-state index contributed by atoms with van der Waals surface area (Å²) in [5, 5.41) is 13.9. The van der Waals surface area contributed by atoms with Crippen LogP contribution in [-0.4, -0.2) is 43.0 Å². The molecule has 1 aromatic carbocycles. The Labute approximate surface area is 174 Å². The lowest BCUT2D eigenvalue weighted by Crippen LogP contribution is -2.31. The zero-order valence-electron chi connectivity index (χ0n) is 17.8. The molecule has 3 rings (SSSR count). The van der Waals surface area contributed by atoms with Crippen LogP contribution >= 0.6 is 0 Å². The summed E-state index contributed by atoms with van der Waals surface area (Å²) in [5.74, 6) is 1.11. The quantitative estimate of drug-likeness (QED) is 0.490. The van der Waals surface area contributed by atoms with Crippen molar-refractivity contribution in [3.05, 3.63) is 50.7 Å². The summed E-state index contributed by atoms with van der Waals surface area (Å²) in [5.41, 5.74) is 0.567. The summed E-state index contributed by atoms with van der Waals surface area (Å²) in [7, 11) is 1.55. The van der Waals surface area contributed by atoms with Crippen molar-refractivity contribution >= 4 is 17.1 Å². The molecule has 9 nitrogen and oxygen atoms in total. The van der Waals surface area contributed by atoms with Gasteiger partial charge in [-0.2, -0.15) is 4.98 Å². The van der Waals surface area contributed by atoms with E-state index >= 15 is 0 Å². The zero-order valence-corrected chi connectivity index (χ0v) is 17.8. The fourth-order valence-electron chi connectivity index (χ4n) is 3.16. The standard InChI is InChI=1S/C21H29N5O4/c1-5-13(3)22-20-23-18-17(19(28)24-21(29)25(18)4)26(20)11-15(27)12-30-16-9-7-8-14(6-2)10-16/h7-10,13,15,27H,5-6,11-12H2,1-4H3,(H,22,23)(H,24,28,29)/t13-,15-/m0/s1. The van der Waals surface area contributed by atoms with E-state index in [-0.39, 0.29) is 30.4 Å². The van der Waals surface area contributed by atoms with Crippen LogP contribution in [0, 0.1) is 0 Å². The molecule has 3 N–H and O–H groups in total. The summed E-state index contributed by atoms with van der Waals surface area (Å²) in [6.07, 6.45) is 0.854. The summed E-state index contributed by atoms with van der Waals surface area (Å²) in [4.78, 5) is 31.2. The molecule has 0 bridgehead atoms. The van der Waals surface area contributed by atoms with Crippen molar-refractivity contribution in [2.24, 2.45) is 7.05 Å². The largest absolute Gasteiger partial charge is 0.491 e. The van der Waals surface area contributed by atoms with Gasteiger partial charge in [-0.15, -0.1) is 0 Å². The Balaban J connectivity index is 1.89. The molecule has 2 aromatic heterocycles. The van der Waals surface area contributed by atoms with Gasteiger partial charge in [-0.3, -0.25) is 14.3 Å². The molecular formula is C21H29N5O4. The van der Waals surface area contributed by atoms with E-state index < -0.39 is 17.4 Å². The predicted molar refractivity (Wildman–Crippen MR) is 116 cm³/mol. The number of aliphatic hydroxyl groups is 1. The highest BCUT2D eigenvalue weighted by atomic mass is 16.5. The Kier molecular flexibility index (Phi) is 6.61. The Morgan fingerprint density at radius 2 is 2.07 bits per heavy atom. The number of nitrogens with zero attached hydrogens (tertiary/aromatic N) is 3. The van der Waals surface area contributed by atoms with Crippen molar-refractivity contribution in [1.29, 1.82) is 0 Å². The van der Waals surface area contributed by atoms with Crippen molar-refractivity contribution in [1.82, 2.24) is 19.1 Å². The highest BCUT2D eigenvalue weighted by Crippen LogP contribution is 2.18. The van der Waals surface area contributed by atoms with E-state index in [1.54, 1.807) is 11.6 Å². The minimum Gasteiger partial charge on any atom is -0.491 e. The normalized spacial score (nSPS) is 13.4. The highest BCUT2D eigenvalue weighted by Gasteiger charge is 2.20. The molecular weight excluding hydrogens is 386 g/mol. The fourth-order valence-corrected chi connectivity index (χ4v) is 3.16. The molecule has 2 atom stereocenters. The molecule has 0 saturated heterocycles. The number of fused-ring (bicyclic) bond motifs is 1. The molecule has 2 heterocycles. The van der Waals surface area contributed by atoms with Gasteiger partial charge in [0.15, 0.2) is 11.2 Å². The van der Waals surface area contributed by atoms with Gasteiger partial charge in [0.2, 0.25) is 5.95 Å². The number of H-pyrrole nitrogens is 1. The number of aromatic nitrogens is 4. The average molecular weight is 415 g/mol. The van der Waals surface area contributed by atoms with Crippen molar-refractivity contribution in [2.75, 3.05) is 11.9 Å². The zero-order chi connectivity index (χ0) is 21.8. The van der Waals surface area contributed by atoms with Crippen LogP contribution < -0.4 is 21.3 Å². The molecule has 0 aliphatic carbocycles. The van der Waals surface area contributed by atoms with Crippen LogP contribution in [-0.2, 0) is 20.0 Å². The second-order valence-corrected chi connectivity index (χ2v) is 7.46. The molecule has 0 saturated carbocycles. The third-order valence-electron chi connectivity index (χ3n) is 5.14. The first-order chi connectivity index (χ1) is 14.3. The van der Waals surface area contributed by atoms with Gasteiger partial charge in [0.1, 0.15) is 18.5 Å². The van der Waals surface area contributed by atoms with Crippen molar-refractivity contribution in [3.63, 3.8) is 0 Å². The molecule has 0 aliphatic heterocycles. The van der Waals surface area contributed by atoms with E-state index in [1.165, 1.54) is 4.57 Å². The predicted octanol–water partition coefficient (Wildman–Crippen LogP) is 1.64. The number of rotatable bonds is 9. The van der Waals surface area contributed by atoms with Gasteiger partial charge < -0.3 is 19.7 Å². The van der Waals surface area contributed by atoms with Crippen LogP contribution in [0.1, 0.15) is 32.8 Å². The lowest BCUT2D eigenvalue weighted by atomic mass is 10.2. The molecule has 0 fully saturated rings. The van der Waals surface area contributed by atoms with Crippen LogP contribution in [0.2, 0.25) is 0 Å². The first kappa shape index (κ1) is 21.6. The summed E-state index contributed by atoms with van der Waals surface area (Å²) < 4.78 is 8.63. The molecule has 3 aromatic rings. The van der Waals surface area contributed by atoms with Gasteiger partial charge in [-0.25, -0.2) is 4.79 Å². The number of hydrogen-bond acceptors (Lipinski definition) is 6. The molecule has 0 aliphatic rings. The Hall–Kier alpha value is -3.07. The molecule has 9 heteroatoms. The van der Waals surface area contributed by atoms with Crippen LogP contribution in [0.3, 0.4) is 0 Å². The van der Waals surface area contributed by atoms with Crippen LogP contribution in [0.15, 0.2) is 33.9 Å². The topological polar surface area (TPSA) is 114 Å². The maximum atomic E-state index is 12.5. The minimum atomic E-state index is -0.887. The number of aryl methyl sites for hydroxylation is 2. The van der Waals surface area contributed by atoms with Crippen molar-refractivity contribution in [2.45, 2.75) is 52.3 Å². The summed E-state index contributed by atoms with van der Waals surface area (Å²) in [6.45, 7) is 6.23. The van der Waals surface area contributed by atoms with Gasteiger partial charge in [-0.1, -0.05) is 26.0 Å². The van der Waals surface area contributed by atoms with E-state index in [0.717, 1.165) is 18.4 Å². The first-order valence-corrected chi connectivity index (χ1v) is 10.2. The first-order valence-electron chi connectivity index (χ1n) is 10.2. The van der Waals surface area contributed by atoms with E-state index in [4.69, 9.17) is 4.74 Å². The fraction of sp³-hybridized carbons (Fsp3) is 0.476. The molecule has 30 heavy (non-hydrogen) atoms. The van der Waals surface area contributed by atoms with Gasteiger partial charge in [0.25, 0.3) is 5.56 Å². The van der Waals surface area contributed by atoms with Gasteiger partial charge in [0, 0.05) is 13.1 Å². The van der Waals surface area contributed by atoms with E-state index in [2.05, 4.69) is 22.2 Å². The SMILES string of the molecule is CCc1cccc(OC[C@@H](O)Cn2c(N[C@@H](C)CC)nc3c2c(=O)[nH]c(=O)n3C)c1. The number of benzene rings is 1. The number of imidazole rings is 1. The summed E-state index contributed by atoms with van der Waals surface area (Å²) >= 11 is 0. The van der Waals surface area contributed by atoms with Crippen molar-refractivity contribution < 1.29 is 9.84 Å². The third-order valence-corrected chi connectivity index (χ3v) is 5.14. The van der Waals surface area contributed by atoms with Crippen LogP contribution in [0.25, 0.3) is 11.2 Å². The second-order valence-electron chi connectivity index (χ2n) is 7.46. The molecule has 0 amide bonds. The lowest BCUT2D eigenvalue weighted by molar-refractivity contribution is 0.0937. The number of hydrogen-bond donors (Lipinski definition) is 3. The van der Waals surface area contributed by atoms with Crippen molar-refractivity contribution in [3.8, 4) is 5.75 Å². The molecule has 0 spiro atoms. The number of nitrogens with one attached hydrogen (secondary N) is 2. The molecule has 162 valence electrons. The van der Waals surface area contributed by atoms with Crippen LogP contribution in [0.5, 0.6) is 5.75 Å². The molecule has 0 radical (unpaired) electrons. The maximum absolute atomic E-state index is 12.5. The van der Waals surface area contributed by atoms with E-state index in [0.29, 0.717) is 11.7 Å². The number of anilines is 1. The average Bonchev–Trinajstić information content (AvgIpc) is 3.09. The van der Waals surface area contributed by atoms with E-state index in [9.17, 15) is 14.7 Å². The van der Waals surface area contributed by atoms with E-state index in [1.807, 2.05) is 38.1 Å². The number of aliphatic hydroxyl groups excluding tert-OH is 1. The maximum Gasteiger partial charge on any atom is 0.329 e. The Morgan fingerprint density at radius 3 is 2.77 bits per heavy atom. The highest BCUT2D eigenvalue weighted by molar-refractivity contribution is 5.74. The van der Waals surface area contributed by atoms with Gasteiger partial charge in [0.05, 0.1) is 6.54 Å². The third kappa shape index (κ3) is 4.56. The Bertz CT molecular complexity index is 1130. The van der Waals surface area contributed by atoms with Crippen LogP contribution in [0.4, 0.5) is 5.95 Å². The lowest BCUT2D eigenvalue weighted by Gasteiger charge is -2.18. The summed E-state index contributed by atoms with van der Waals surface area (Å²) in [6, 6.07) is 7.81. The second kappa shape index (κ2) is 9.17.